The van der Waals surface area contributed by atoms with Crippen LogP contribution in [0.2, 0.25) is 0 Å². The molecule has 1 amide bonds. The van der Waals surface area contributed by atoms with E-state index in [9.17, 15) is 4.79 Å². The molecule has 0 saturated carbocycles. The molecule has 0 aromatic heterocycles. The molecule has 82 valence electrons. The maximum atomic E-state index is 10.7. The van der Waals surface area contributed by atoms with Crippen LogP contribution in [-0.2, 0) is 0 Å². The van der Waals surface area contributed by atoms with Gasteiger partial charge in [-0.1, -0.05) is 0 Å². The molecular weight excluding hydrogens is 182 g/mol. The van der Waals surface area contributed by atoms with E-state index >= 15 is 0 Å². The summed E-state index contributed by atoms with van der Waals surface area (Å²) in [5.41, 5.74) is 5.61. The summed E-state index contributed by atoms with van der Waals surface area (Å²) in [4.78, 5) is 12.2. The molecule has 1 aliphatic rings. The molecule has 14 heavy (non-hydrogen) atoms. The zero-order valence-corrected chi connectivity index (χ0v) is 8.57. The Morgan fingerprint density at radius 3 is 3.07 bits per heavy atom. The molecule has 0 radical (unpaired) electrons. The molecule has 2 atom stereocenters. The van der Waals surface area contributed by atoms with Crippen LogP contribution in [0.5, 0.6) is 0 Å². The SMILES string of the molecule is CC(N)CNC1CCCN(C(=O)O)C1. The fourth-order valence-corrected chi connectivity index (χ4v) is 1.67. The zero-order chi connectivity index (χ0) is 10.6. The van der Waals surface area contributed by atoms with Gasteiger partial charge in [-0.15, -0.1) is 0 Å². The molecule has 1 fully saturated rings. The molecule has 0 aromatic rings. The van der Waals surface area contributed by atoms with Crippen LogP contribution in [0.15, 0.2) is 0 Å². The van der Waals surface area contributed by atoms with E-state index in [0.717, 1.165) is 19.4 Å². The molecule has 1 saturated heterocycles. The number of nitrogens with zero attached hydrogens (tertiary/aromatic N) is 1. The molecule has 0 aromatic carbocycles. The Morgan fingerprint density at radius 1 is 1.79 bits per heavy atom. The number of hydrogen-bond acceptors (Lipinski definition) is 3. The lowest BCUT2D eigenvalue weighted by Crippen LogP contribution is -2.49. The lowest BCUT2D eigenvalue weighted by Gasteiger charge is -2.31. The van der Waals surface area contributed by atoms with Crippen LogP contribution in [0.1, 0.15) is 19.8 Å². The van der Waals surface area contributed by atoms with E-state index in [-0.39, 0.29) is 12.1 Å². The molecule has 0 bridgehead atoms. The maximum absolute atomic E-state index is 10.7. The highest BCUT2D eigenvalue weighted by Gasteiger charge is 2.22. The normalized spacial score (nSPS) is 24.7. The lowest BCUT2D eigenvalue weighted by molar-refractivity contribution is 0.126. The second-order valence-electron chi connectivity index (χ2n) is 3.95. The molecule has 5 heteroatoms. The summed E-state index contributed by atoms with van der Waals surface area (Å²) >= 11 is 0. The third-order valence-electron chi connectivity index (χ3n) is 2.42. The summed E-state index contributed by atoms with van der Waals surface area (Å²) in [6.45, 7) is 3.93. The number of rotatable bonds is 3. The Labute approximate surface area is 84.3 Å². The van der Waals surface area contributed by atoms with Gasteiger partial charge in [0.05, 0.1) is 0 Å². The van der Waals surface area contributed by atoms with Crippen LogP contribution < -0.4 is 11.1 Å². The van der Waals surface area contributed by atoms with E-state index < -0.39 is 6.09 Å². The highest BCUT2D eigenvalue weighted by molar-refractivity contribution is 5.65. The first-order valence-electron chi connectivity index (χ1n) is 5.06. The van der Waals surface area contributed by atoms with Gasteiger partial charge in [-0.3, -0.25) is 0 Å². The fourth-order valence-electron chi connectivity index (χ4n) is 1.67. The van der Waals surface area contributed by atoms with Crippen molar-refractivity contribution in [2.24, 2.45) is 5.73 Å². The number of hydrogen-bond donors (Lipinski definition) is 3. The average Bonchev–Trinajstić information content (AvgIpc) is 2.15. The van der Waals surface area contributed by atoms with Gasteiger partial charge in [0.1, 0.15) is 0 Å². The van der Waals surface area contributed by atoms with E-state index in [0.29, 0.717) is 13.1 Å². The monoisotopic (exact) mass is 201 g/mol. The fraction of sp³-hybridized carbons (Fsp3) is 0.889. The van der Waals surface area contributed by atoms with Crippen LogP contribution in [0.3, 0.4) is 0 Å². The smallest absolute Gasteiger partial charge is 0.407 e. The number of carbonyl (C=O) groups is 1. The van der Waals surface area contributed by atoms with Crippen LogP contribution >= 0.6 is 0 Å². The molecule has 2 unspecified atom stereocenters. The Hall–Kier alpha value is -0.810. The standard InChI is InChI=1S/C9H19N3O2/c1-7(10)5-11-8-3-2-4-12(6-8)9(13)14/h7-8,11H,2-6,10H2,1H3,(H,13,14). The van der Waals surface area contributed by atoms with Crippen molar-refractivity contribution in [1.29, 1.82) is 0 Å². The van der Waals surface area contributed by atoms with Gasteiger partial charge in [0.2, 0.25) is 0 Å². The highest BCUT2D eigenvalue weighted by atomic mass is 16.4. The highest BCUT2D eigenvalue weighted by Crippen LogP contribution is 2.09. The van der Waals surface area contributed by atoms with Gasteiger partial charge in [-0.25, -0.2) is 4.79 Å². The van der Waals surface area contributed by atoms with Crippen molar-refractivity contribution in [3.63, 3.8) is 0 Å². The minimum Gasteiger partial charge on any atom is -0.465 e. The summed E-state index contributed by atoms with van der Waals surface area (Å²) in [5, 5.41) is 12.1. The first-order chi connectivity index (χ1) is 6.59. The minimum absolute atomic E-state index is 0.121. The van der Waals surface area contributed by atoms with Crippen molar-refractivity contribution in [3.05, 3.63) is 0 Å². The van der Waals surface area contributed by atoms with E-state index in [1.807, 2.05) is 6.92 Å². The van der Waals surface area contributed by atoms with E-state index in [2.05, 4.69) is 5.32 Å². The van der Waals surface area contributed by atoms with Crippen molar-refractivity contribution in [2.75, 3.05) is 19.6 Å². The molecule has 5 nitrogen and oxygen atoms in total. The summed E-state index contributed by atoms with van der Waals surface area (Å²) in [7, 11) is 0. The Balaban J connectivity index is 2.29. The van der Waals surface area contributed by atoms with Gasteiger partial charge < -0.3 is 21.1 Å². The number of likely N-dealkylation sites (tertiary alicyclic amines) is 1. The molecule has 0 spiro atoms. The number of nitrogens with two attached hydrogens (primary N) is 1. The summed E-state index contributed by atoms with van der Waals surface area (Å²) in [5.74, 6) is 0. The predicted molar refractivity (Wildman–Crippen MR) is 54.3 cm³/mol. The van der Waals surface area contributed by atoms with Crippen molar-refractivity contribution >= 4 is 6.09 Å². The molecule has 1 rings (SSSR count). The van der Waals surface area contributed by atoms with Crippen LogP contribution in [0.4, 0.5) is 4.79 Å². The van der Waals surface area contributed by atoms with Crippen LogP contribution in [-0.4, -0.2) is 47.8 Å². The first-order valence-corrected chi connectivity index (χ1v) is 5.06. The Bertz CT molecular complexity index is 196. The zero-order valence-electron chi connectivity index (χ0n) is 8.57. The molecule has 0 aliphatic carbocycles. The molecule has 4 N–H and O–H groups in total. The number of amides is 1. The van der Waals surface area contributed by atoms with Gasteiger partial charge in [0.25, 0.3) is 0 Å². The van der Waals surface area contributed by atoms with E-state index in [1.165, 1.54) is 4.90 Å². The van der Waals surface area contributed by atoms with E-state index in [1.54, 1.807) is 0 Å². The largest absolute Gasteiger partial charge is 0.465 e. The van der Waals surface area contributed by atoms with Gasteiger partial charge in [0.15, 0.2) is 0 Å². The summed E-state index contributed by atoms with van der Waals surface area (Å²) < 4.78 is 0. The van der Waals surface area contributed by atoms with Gasteiger partial charge in [-0.05, 0) is 19.8 Å². The molecule has 1 heterocycles. The van der Waals surface area contributed by atoms with Crippen molar-refractivity contribution in [3.8, 4) is 0 Å². The van der Waals surface area contributed by atoms with Gasteiger partial charge in [0, 0.05) is 31.7 Å². The van der Waals surface area contributed by atoms with Crippen molar-refractivity contribution in [2.45, 2.75) is 31.8 Å². The average molecular weight is 201 g/mol. The summed E-state index contributed by atoms with van der Waals surface area (Å²) in [6.07, 6.45) is 1.15. The minimum atomic E-state index is -0.822. The lowest BCUT2D eigenvalue weighted by atomic mass is 10.1. The number of piperidine rings is 1. The van der Waals surface area contributed by atoms with Gasteiger partial charge in [-0.2, -0.15) is 0 Å². The predicted octanol–water partition coefficient (Wildman–Crippen LogP) is 0.0656. The molecule has 1 aliphatic heterocycles. The second-order valence-corrected chi connectivity index (χ2v) is 3.95. The topological polar surface area (TPSA) is 78.6 Å². The summed E-state index contributed by atoms with van der Waals surface area (Å²) in [6, 6.07) is 0.390. The second kappa shape index (κ2) is 5.17. The van der Waals surface area contributed by atoms with Crippen molar-refractivity contribution < 1.29 is 9.90 Å². The number of nitrogens with one attached hydrogen (secondary N) is 1. The third-order valence-corrected chi connectivity index (χ3v) is 2.42. The van der Waals surface area contributed by atoms with E-state index in [4.69, 9.17) is 10.8 Å². The van der Waals surface area contributed by atoms with Crippen molar-refractivity contribution in [1.82, 2.24) is 10.2 Å². The molecular formula is C9H19N3O2. The maximum Gasteiger partial charge on any atom is 0.407 e. The third kappa shape index (κ3) is 3.51. The van der Waals surface area contributed by atoms with Crippen LogP contribution in [0, 0.1) is 0 Å². The quantitative estimate of drug-likeness (QED) is 0.603. The Morgan fingerprint density at radius 2 is 2.50 bits per heavy atom. The van der Waals surface area contributed by atoms with Gasteiger partial charge >= 0.3 is 6.09 Å². The number of carboxylic acid groups (broad SMARTS) is 1. The van der Waals surface area contributed by atoms with Crippen LogP contribution in [0.25, 0.3) is 0 Å². The Kier molecular flexibility index (Phi) is 4.16. The first kappa shape index (κ1) is 11.3.